The summed E-state index contributed by atoms with van der Waals surface area (Å²) < 4.78 is 36.9. The van der Waals surface area contributed by atoms with E-state index >= 15 is 0 Å². The van der Waals surface area contributed by atoms with Gasteiger partial charge in [-0.1, -0.05) is 15.9 Å². The summed E-state index contributed by atoms with van der Waals surface area (Å²) in [6.07, 6.45) is 3.15. The molecule has 3 rings (SSSR count). The van der Waals surface area contributed by atoms with E-state index in [9.17, 15) is 13.7 Å². The first kappa shape index (κ1) is 18.2. The molecule has 0 saturated carbocycles. The molecule has 0 aromatic heterocycles. The van der Waals surface area contributed by atoms with Crippen molar-refractivity contribution in [2.24, 2.45) is 0 Å². The Hall–Kier alpha value is -2.56. The maximum Gasteiger partial charge on any atom is 0.216 e. The summed E-state index contributed by atoms with van der Waals surface area (Å²) >= 11 is 3.26. The zero-order valence-corrected chi connectivity index (χ0v) is 16.2. The number of halogens is 1. The molecule has 2 aromatic carbocycles. The molecule has 2 aromatic rings. The zero-order chi connectivity index (χ0) is 18.7. The topological polar surface area (TPSA) is 76.4 Å². The molecule has 0 unspecified atom stereocenters. The third-order valence-corrected chi connectivity index (χ3v) is 6.01. The molecule has 1 aliphatic heterocycles. The minimum absolute atomic E-state index is 0.0657. The van der Waals surface area contributed by atoms with Gasteiger partial charge in [-0.2, -0.15) is 5.26 Å². The first-order valence-corrected chi connectivity index (χ1v) is 9.85. The minimum Gasteiger partial charge on any atom is -0.497 e. The van der Waals surface area contributed by atoms with Crippen LogP contribution < -0.4 is 9.47 Å². The van der Waals surface area contributed by atoms with Crippen LogP contribution in [0, 0.1) is 11.3 Å². The lowest BCUT2D eigenvalue weighted by atomic mass is 10.1. The van der Waals surface area contributed by atoms with Crippen LogP contribution in [0.1, 0.15) is 5.56 Å². The predicted octanol–water partition coefficient (Wildman–Crippen LogP) is 4.11. The Labute approximate surface area is 160 Å². The largest absolute Gasteiger partial charge is 0.497 e. The highest BCUT2D eigenvalue weighted by molar-refractivity contribution is 9.10. The maximum absolute atomic E-state index is 12.7. The summed E-state index contributed by atoms with van der Waals surface area (Å²) in [5, 5.41) is 9.38. The summed E-state index contributed by atoms with van der Waals surface area (Å²) in [6, 6.07) is 13.3. The highest BCUT2D eigenvalue weighted by Crippen LogP contribution is 2.31. The molecule has 0 bridgehead atoms. The number of sulfone groups is 1. The third-order valence-electron chi connectivity index (χ3n) is 3.80. The molecule has 0 atom stereocenters. The number of rotatable bonds is 4. The molecule has 0 N–H and O–H groups in total. The van der Waals surface area contributed by atoms with Crippen LogP contribution in [0.2, 0.25) is 0 Å². The normalized spacial score (nSPS) is 13.9. The Bertz CT molecular complexity index is 1050. The Kier molecular flexibility index (Phi) is 5.16. The number of ether oxygens (including phenoxy) is 2. The SMILES string of the molecule is COc1ccc2c(c1)OCC(/C=C(\C#N)S(=O)(=O)c1ccc(Br)cc1)=C2. The average molecular weight is 432 g/mol. The van der Waals surface area contributed by atoms with E-state index in [0.29, 0.717) is 17.1 Å². The van der Waals surface area contributed by atoms with Crippen molar-refractivity contribution in [1.29, 1.82) is 5.26 Å². The number of nitrogens with zero attached hydrogens (tertiary/aromatic N) is 1. The standard InChI is InChI=1S/C19H14BrNO4S/c1-24-16-5-2-14-8-13(12-25-19(14)10-16)9-18(11-21)26(22,23)17-6-3-15(20)4-7-17/h2-10H,12H2,1H3/b18-9+. The van der Waals surface area contributed by atoms with Crippen LogP contribution in [0.4, 0.5) is 0 Å². The van der Waals surface area contributed by atoms with Crippen molar-refractivity contribution in [3.63, 3.8) is 0 Å². The summed E-state index contributed by atoms with van der Waals surface area (Å²) in [6.45, 7) is 0.168. The van der Waals surface area contributed by atoms with Crippen molar-refractivity contribution in [3.8, 4) is 17.6 Å². The van der Waals surface area contributed by atoms with Gasteiger partial charge in [0.05, 0.1) is 12.0 Å². The third kappa shape index (κ3) is 3.66. The zero-order valence-electron chi connectivity index (χ0n) is 13.8. The molecule has 0 saturated heterocycles. The monoisotopic (exact) mass is 431 g/mol. The van der Waals surface area contributed by atoms with E-state index in [-0.39, 0.29) is 16.4 Å². The van der Waals surface area contributed by atoms with Crippen LogP contribution in [0.5, 0.6) is 11.5 Å². The van der Waals surface area contributed by atoms with Crippen LogP contribution >= 0.6 is 15.9 Å². The number of fused-ring (bicyclic) bond motifs is 1. The predicted molar refractivity (Wildman–Crippen MR) is 101 cm³/mol. The summed E-state index contributed by atoms with van der Waals surface area (Å²) in [7, 11) is -2.32. The van der Waals surface area contributed by atoms with Crippen LogP contribution in [0.25, 0.3) is 6.08 Å². The molecule has 0 aliphatic carbocycles. The summed E-state index contributed by atoms with van der Waals surface area (Å²) in [5.74, 6) is 1.32. The highest BCUT2D eigenvalue weighted by Gasteiger charge is 2.22. The van der Waals surface area contributed by atoms with Gasteiger partial charge in [0.1, 0.15) is 29.1 Å². The second-order valence-corrected chi connectivity index (χ2v) is 8.32. The quantitative estimate of drug-likeness (QED) is 0.680. The molecular formula is C19H14BrNO4S. The summed E-state index contributed by atoms with van der Waals surface area (Å²) in [5.41, 5.74) is 1.39. The van der Waals surface area contributed by atoms with E-state index < -0.39 is 9.84 Å². The highest BCUT2D eigenvalue weighted by atomic mass is 79.9. The molecule has 0 amide bonds. The van der Waals surface area contributed by atoms with Gasteiger partial charge in [0.25, 0.3) is 0 Å². The lowest BCUT2D eigenvalue weighted by Gasteiger charge is -2.17. The molecular weight excluding hydrogens is 418 g/mol. The summed E-state index contributed by atoms with van der Waals surface area (Å²) in [4.78, 5) is -0.261. The van der Waals surface area contributed by atoms with Crippen molar-refractivity contribution in [1.82, 2.24) is 0 Å². The average Bonchev–Trinajstić information content (AvgIpc) is 2.65. The number of benzene rings is 2. The van der Waals surface area contributed by atoms with E-state index in [4.69, 9.17) is 9.47 Å². The van der Waals surface area contributed by atoms with Crippen LogP contribution in [0.3, 0.4) is 0 Å². The first-order valence-electron chi connectivity index (χ1n) is 7.58. The fraction of sp³-hybridized carbons (Fsp3) is 0.105. The van der Waals surface area contributed by atoms with Crippen LogP contribution in [-0.2, 0) is 9.84 Å². The molecule has 132 valence electrons. The van der Waals surface area contributed by atoms with E-state index in [1.165, 1.54) is 18.2 Å². The van der Waals surface area contributed by atoms with Gasteiger partial charge < -0.3 is 9.47 Å². The van der Waals surface area contributed by atoms with E-state index in [0.717, 1.165) is 10.0 Å². The van der Waals surface area contributed by atoms with E-state index in [1.54, 1.807) is 43.5 Å². The number of methoxy groups -OCH3 is 1. The number of allylic oxidation sites excluding steroid dienone is 1. The molecule has 26 heavy (non-hydrogen) atoms. The van der Waals surface area contributed by atoms with E-state index in [1.807, 2.05) is 6.07 Å². The van der Waals surface area contributed by atoms with Gasteiger partial charge in [-0.3, -0.25) is 0 Å². The van der Waals surface area contributed by atoms with Gasteiger partial charge in [-0.25, -0.2) is 8.42 Å². The van der Waals surface area contributed by atoms with E-state index in [2.05, 4.69) is 15.9 Å². The smallest absolute Gasteiger partial charge is 0.216 e. The number of hydrogen-bond acceptors (Lipinski definition) is 5. The van der Waals surface area contributed by atoms with Gasteiger partial charge in [0.2, 0.25) is 9.84 Å². The molecule has 5 nitrogen and oxygen atoms in total. The fourth-order valence-electron chi connectivity index (χ4n) is 2.45. The molecule has 7 heteroatoms. The second kappa shape index (κ2) is 7.36. The van der Waals surface area contributed by atoms with Gasteiger partial charge >= 0.3 is 0 Å². The van der Waals surface area contributed by atoms with Crippen molar-refractivity contribution < 1.29 is 17.9 Å². The molecule has 1 aliphatic rings. The van der Waals surface area contributed by atoms with Gasteiger partial charge in [0, 0.05) is 16.1 Å². The number of hydrogen-bond donors (Lipinski definition) is 0. The molecule has 0 radical (unpaired) electrons. The van der Waals surface area contributed by atoms with Gasteiger partial charge in [0.15, 0.2) is 0 Å². The Balaban J connectivity index is 1.98. The van der Waals surface area contributed by atoms with Crippen LogP contribution in [0.15, 0.2) is 68.4 Å². The van der Waals surface area contributed by atoms with Crippen molar-refractivity contribution in [3.05, 3.63) is 69.1 Å². The molecule has 0 spiro atoms. The Morgan fingerprint density at radius 3 is 2.65 bits per heavy atom. The second-order valence-electron chi connectivity index (χ2n) is 5.49. The lowest BCUT2D eigenvalue weighted by molar-refractivity contribution is 0.346. The minimum atomic E-state index is -3.89. The van der Waals surface area contributed by atoms with Crippen molar-refractivity contribution in [2.75, 3.05) is 13.7 Å². The Morgan fingerprint density at radius 1 is 1.27 bits per heavy atom. The van der Waals surface area contributed by atoms with Crippen molar-refractivity contribution in [2.45, 2.75) is 4.90 Å². The first-order chi connectivity index (χ1) is 12.4. The van der Waals surface area contributed by atoms with Gasteiger partial charge in [-0.05, 0) is 54.1 Å². The molecule has 1 heterocycles. The number of nitriles is 1. The Morgan fingerprint density at radius 2 is 2.00 bits per heavy atom. The molecule has 0 fully saturated rings. The van der Waals surface area contributed by atoms with Gasteiger partial charge in [-0.15, -0.1) is 0 Å². The van der Waals surface area contributed by atoms with Crippen molar-refractivity contribution >= 4 is 31.8 Å². The van der Waals surface area contributed by atoms with Crippen LogP contribution in [-0.4, -0.2) is 22.1 Å². The lowest BCUT2D eigenvalue weighted by Crippen LogP contribution is -2.09. The fourth-order valence-corrected chi connectivity index (χ4v) is 3.89. The maximum atomic E-state index is 12.7.